The molecule has 0 aliphatic carbocycles. The molecule has 0 spiro atoms. The van der Waals surface area contributed by atoms with E-state index in [-0.39, 0.29) is 10.8 Å². The van der Waals surface area contributed by atoms with Crippen LogP contribution in [0.15, 0.2) is 23.6 Å². The number of halogens is 2. The molecule has 3 rings (SSSR count). The number of carbonyl (C=O) groups excluding carboxylic acids is 3. The SMILES string of the molecule is CC(C)(C)N(C=O)N1C(=O)C(C(=O)c2cc(Cl)cs2)c2nc(Cl)ccc21. The molecule has 2 aromatic rings. The smallest absolute Gasteiger partial charge is 0.263 e. The Kier molecular flexibility index (Phi) is 4.81. The van der Waals surface area contributed by atoms with Gasteiger partial charge in [-0.1, -0.05) is 23.2 Å². The van der Waals surface area contributed by atoms with Crippen molar-refractivity contribution in [2.45, 2.75) is 32.2 Å². The number of ketones is 1. The summed E-state index contributed by atoms with van der Waals surface area (Å²) in [5.74, 6) is -2.15. The molecule has 6 nitrogen and oxygen atoms in total. The zero-order valence-electron chi connectivity index (χ0n) is 14.2. The molecule has 0 saturated heterocycles. The molecule has 0 radical (unpaired) electrons. The summed E-state index contributed by atoms with van der Waals surface area (Å²) in [5.41, 5.74) is -0.0889. The summed E-state index contributed by atoms with van der Waals surface area (Å²) in [6.45, 7) is 5.35. The van der Waals surface area contributed by atoms with Crippen molar-refractivity contribution < 1.29 is 14.4 Å². The average molecular weight is 412 g/mol. The van der Waals surface area contributed by atoms with Gasteiger partial charge in [0.05, 0.1) is 26.8 Å². The van der Waals surface area contributed by atoms with E-state index >= 15 is 0 Å². The third-order valence-electron chi connectivity index (χ3n) is 3.90. The van der Waals surface area contributed by atoms with Crippen molar-refractivity contribution in [1.82, 2.24) is 9.99 Å². The lowest BCUT2D eigenvalue weighted by molar-refractivity contribution is -0.132. The van der Waals surface area contributed by atoms with E-state index in [2.05, 4.69) is 4.98 Å². The molecule has 0 fully saturated rings. The van der Waals surface area contributed by atoms with Crippen molar-refractivity contribution >= 4 is 58.3 Å². The molecule has 1 atom stereocenters. The van der Waals surface area contributed by atoms with Gasteiger partial charge in [-0.3, -0.25) is 14.4 Å². The fourth-order valence-corrected chi connectivity index (χ4v) is 3.94. The standard InChI is InChI=1S/C17H15Cl2N3O3S/c1-17(2,3)21(8-23)22-10-4-5-12(19)20-14(10)13(16(22)25)15(24)11-6-9(18)7-26-11/h4-8,13H,1-3H3. The maximum absolute atomic E-state index is 13.1. The van der Waals surface area contributed by atoms with Gasteiger partial charge in [-0.25, -0.2) is 15.0 Å². The average Bonchev–Trinajstić information content (AvgIpc) is 3.08. The number of fused-ring (bicyclic) bond motifs is 1. The lowest BCUT2D eigenvalue weighted by Crippen LogP contribution is -2.54. The molecule has 1 unspecified atom stereocenters. The summed E-state index contributed by atoms with van der Waals surface area (Å²) < 4.78 is 0. The molecular formula is C17H15Cl2N3O3S. The Hall–Kier alpha value is -1.96. The van der Waals surface area contributed by atoms with Crippen LogP contribution < -0.4 is 5.01 Å². The van der Waals surface area contributed by atoms with Crippen molar-refractivity contribution in [2.24, 2.45) is 0 Å². The van der Waals surface area contributed by atoms with E-state index in [9.17, 15) is 14.4 Å². The second-order valence-corrected chi connectivity index (χ2v) is 8.47. The van der Waals surface area contributed by atoms with Gasteiger partial charge < -0.3 is 0 Å². The van der Waals surface area contributed by atoms with E-state index < -0.39 is 23.1 Å². The van der Waals surface area contributed by atoms with E-state index in [4.69, 9.17) is 23.2 Å². The van der Waals surface area contributed by atoms with Crippen molar-refractivity contribution in [3.05, 3.63) is 44.3 Å². The van der Waals surface area contributed by atoms with Crippen LogP contribution in [0, 0.1) is 0 Å². The number of amides is 2. The van der Waals surface area contributed by atoms with Crippen molar-refractivity contribution in [1.29, 1.82) is 0 Å². The van der Waals surface area contributed by atoms with Crippen LogP contribution in [-0.2, 0) is 9.59 Å². The van der Waals surface area contributed by atoms with Crippen LogP contribution in [-0.4, -0.2) is 33.6 Å². The summed E-state index contributed by atoms with van der Waals surface area (Å²) in [4.78, 5) is 42.3. The minimum atomic E-state index is -1.18. The predicted octanol–water partition coefficient (Wildman–Crippen LogP) is 3.93. The van der Waals surface area contributed by atoms with E-state index in [1.54, 1.807) is 32.2 Å². The number of carbonyl (C=O) groups is 3. The minimum absolute atomic E-state index is 0.161. The minimum Gasteiger partial charge on any atom is -0.292 e. The van der Waals surface area contributed by atoms with E-state index in [1.165, 1.54) is 22.2 Å². The number of thiophene rings is 1. The van der Waals surface area contributed by atoms with E-state index in [0.29, 0.717) is 22.0 Å². The van der Waals surface area contributed by atoms with Crippen LogP contribution in [0.5, 0.6) is 0 Å². The maximum Gasteiger partial charge on any atom is 0.263 e. The molecule has 0 aromatic carbocycles. The number of hydrogen-bond donors (Lipinski definition) is 0. The Morgan fingerprint density at radius 1 is 1.35 bits per heavy atom. The molecule has 9 heteroatoms. The van der Waals surface area contributed by atoms with Crippen molar-refractivity contribution in [3.8, 4) is 0 Å². The lowest BCUT2D eigenvalue weighted by Gasteiger charge is -2.38. The van der Waals surface area contributed by atoms with E-state index in [0.717, 1.165) is 11.3 Å². The van der Waals surface area contributed by atoms with Gasteiger partial charge in [0.1, 0.15) is 11.1 Å². The number of rotatable bonds is 4. The van der Waals surface area contributed by atoms with Gasteiger partial charge >= 0.3 is 0 Å². The number of aromatic nitrogens is 1. The van der Waals surface area contributed by atoms with Gasteiger partial charge in [0.25, 0.3) is 5.91 Å². The molecule has 2 amide bonds. The second-order valence-electron chi connectivity index (χ2n) is 6.74. The van der Waals surface area contributed by atoms with Gasteiger partial charge in [-0.2, -0.15) is 0 Å². The highest BCUT2D eigenvalue weighted by Gasteiger charge is 2.48. The predicted molar refractivity (Wildman–Crippen MR) is 101 cm³/mol. The lowest BCUT2D eigenvalue weighted by atomic mass is 10.00. The Morgan fingerprint density at radius 3 is 2.58 bits per heavy atom. The van der Waals surface area contributed by atoms with Crippen LogP contribution in [0.1, 0.15) is 42.1 Å². The second kappa shape index (κ2) is 6.64. The summed E-state index contributed by atoms with van der Waals surface area (Å²) in [5, 5.41) is 4.64. The highest BCUT2D eigenvalue weighted by Crippen LogP contribution is 2.41. The molecule has 26 heavy (non-hydrogen) atoms. The first-order valence-corrected chi connectivity index (χ1v) is 9.32. The van der Waals surface area contributed by atoms with Crippen LogP contribution in [0.25, 0.3) is 0 Å². The van der Waals surface area contributed by atoms with Crippen molar-refractivity contribution in [2.75, 3.05) is 5.01 Å². The summed E-state index contributed by atoms with van der Waals surface area (Å²) in [7, 11) is 0. The monoisotopic (exact) mass is 411 g/mol. The first-order chi connectivity index (χ1) is 12.1. The van der Waals surface area contributed by atoms with E-state index in [1.807, 2.05) is 0 Å². The van der Waals surface area contributed by atoms with Gasteiger partial charge in [-0.05, 0) is 39.0 Å². The Labute approximate surface area is 164 Å². The van der Waals surface area contributed by atoms with Crippen LogP contribution in [0.3, 0.4) is 0 Å². The quantitative estimate of drug-likeness (QED) is 0.330. The van der Waals surface area contributed by atoms with Gasteiger partial charge in [0.15, 0.2) is 5.78 Å². The van der Waals surface area contributed by atoms with Crippen molar-refractivity contribution in [3.63, 3.8) is 0 Å². The summed E-state index contributed by atoms with van der Waals surface area (Å²) in [6.07, 6.45) is 0.561. The first kappa shape index (κ1) is 18.8. The largest absolute Gasteiger partial charge is 0.292 e. The molecule has 0 N–H and O–H groups in total. The molecule has 1 aliphatic heterocycles. The normalized spacial score (nSPS) is 16.6. The topological polar surface area (TPSA) is 70.6 Å². The highest BCUT2D eigenvalue weighted by molar-refractivity contribution is 7.12. The van der Waals surface area contributed by atoms with Crippen LogP contribution in [0.4, 0.5) is 5.69 Å². The molecule has 2 aromatic heterocycles. The number of hydrogen-bond acceptors (Lipinski definition) is 5. The Morgan fingerprint density at radius 2 is 2.04 bits per heavy atom. The van der Waals surface area contributed by atoms with Gasteiger partial charge in [0.2, 0.25) is 6.41 Å². The number of pyridine rings is 1. The summed E-state index contributed by atoms with van der Waals surface area (Å²) in [6, 6.07) is 4.61. The molecule has 0 bridgehead atoms. The van der Waals surface area contributed by atoms with Gasteiger partial charge in [0, 0.05) is 5.38 Å². The Balaban J connectivity index is 2.13. The fourth-order valence-electron chi connectivity index (χ4n) is 2.74. The number of anilines is 1. The first-order valence-electron chi connectivity index (χ1n) is 7.68. The number of nitrogens with zero attached hydrogens (tertiary/aromatic N) is 3. The molecule has 1 aliphatic rings. The van der Waals surface area contributed by atoms with Crippen LogP contribution in [0.2, 0.25) is 10.2 Å². The molecule has 136 valence electrons. The Bertz CT molecular complexity index is 907. The highest BCUT2D eigenvalue weighted by atomic mass is 35.5. The fraction of sp³-hybridized carbons (Fsp3) is 0.294. The number of hydrazine groups is 1. The molecule has 0 saturated carbocycles. The maximum atomic E-state index is 13.1. The zero-order valence-corrected chi connectivity index (χ0v) is 16.5. The number of Topliss-reactive ketones (excluding diaryl/α,β-unsaturated/α-hetero) is 1. The van der Waals surface area contributed by atoms with Gasteiger partial charge in [-0.15, -0.1) is 11.3 Å². The molecule has 3 heterocycles. The third-order valence-corrected chi connectivity index (χ3v) is 5.40. The summed E-state index contributed by atoms with van der Waals surface area (Å²) >= 11 is 13.0. The zero-order chi connectivity index (χ0) is 19.2. The van der Waals surface area contributed by atoms with Crippen LogP contribution >= 0.6 is 34.5 Å². The molecular weight excluding hydrogens is 397 g/mol. The third kappa shape index (κ3) is 3.11.